The molecule has 0 aromatic carbocycles. The molecule has 1 saturated carbocycles. The molecule has 72 valence electrons. The van der Waals surface area contributed by atoms with E-state index in [9.17, 15) is 10.2 Å². The second-order valence-electron chi connectivity index (χ2n) is 3.20. The fourth-order valence-electron chi connectivity index (χ4n) is 1.50. The summed E-state index contributed by atoms with van der Waals surface area (Å²) in [7, 11) is 0. The Morgan fingerprint density at radius 1 is 0.917 bits per heavy atom. The minimum absolute atomic E-state index is 0.0105. The third kappa shape index (κ3) is 1.60. The van der Waals surface area contributed by atoms with Crippen molar-refractivity contribution in [2.24, 2.45) is 5.92 Å². The molecular formula is C7H14O5. The standard InChI is InChI=1S/C7H14O5/c8-2-3-4(9)1-5(10)7(12)6(3)11/h3-12H,1-2H2/t3-,4+,5+,6+,7-/m1/s1. The third-order valence-electron chi connectivity index (χ3n) is 2.37. The molecule has 1 rings (SSSR count). The summed E-state index contributed by atoms with van der Waals surface area (Å²) >= 11 is 0. The molecule has 5 N–H and O–H groups in total. The zero-order valence-corrected chi connectivity index (χ0v) is 6.54. The van der Waals surface area contributed by atoms with Crippen molar-refractivity contribution in [3.63, 3.8) is 0 Å². The van der Waals surface area contributed by atoms with Crippen LogP contribution in [0, 0.1) is 5.92 Å². The maximum Gasteiger partial charge on any atom is 0.106 e. The molecule has 1 aliphatic rings. The predicted molar refractivity (Wildman–Crippen MR) is 39.2 cm³/mol. The lowest BCUT2D eigenvalue weighted by Crippen LogP contribution is -2.53. The lowest BCUT2D eigenvalue weighted by Gasteiger charge is -2.37. The fraction of sp³-hybridized carbons (Fsp3) is 1.00. The Bertz CT molecular complexity index is 151. The average Bonchev–Trinajstić information content (AvgIpc) is 2.01. The third-order valence-corrected chi connectivity index (χ3v) is 2.37. The zero-order chi connectivity index (χ0) is 9.30. The molecule has 0 amide bonds. The highest BCUT2D eigenvalue weighted by molar-refractivity contribution is 4.91. The Kier molecular flexibility index (Phi) is 3.03. The van der Waals surface area contributed by atoms with Crippen LogP contribution in [0.15, 0.2) is 0 Å². The molecule has 0 aromatic rings. The summed E-state index contributed by atoms with van der Waals surface area (Å²) in [6.07, 6.45) is -4.61. The van der Waals surface area contributed by atoms with Crippen molar-refractivity contribution in [2.45, 2.75) is 30.8 Å². The van der Waals surface area contributed by atoms with Gasteiger partial charge in [0.25, 0.3) is 0 Å². The summed E-state index contributed by atoms with van der Waals surface area (Å²) in [5, 5.41) is 45.4. The quantitative estimate of drug-likeness (QED) is 0.304. The summed E-state index contributed by atoms with van der Waals surface area (Å²) < 4.78 is 0. The molecule has 12 heavy (non-hydrogen) atoms. The lowest BCUT2D eigenvalue weighted by molar-refractivity contribution is -0.157. The Balaban J connectivity index is 2.65. The van der Waals surface area contributed by atoms with E-state index in [-0.39, 0.29) is 6.42 Å². The Labute approximate surface area is 69.9 Å². The van der Waals surface area contributed by atoms with Crippen LogP contribution in [-0.4, -0.2) is 56.6 Å². The van der Waals surface area contributed by atoms with Crippen molar-refractivity contribution in [1.29, 1.82) is 0 Å². The second-order valence-corrected chi connectivity index (χ2v) is 3.20. The van der Waals surface area contributed by atoms with E-state index >= 15 is 0 Å². The van der Waals surface area contributed by atoms with Gasteiger partial charge in [-0.2, -0.15) is 0 Å². The first-order valence-corrected chi connectivity index (χ1v) is 3.91. The molecule has 0 heterocycles. The Hall–Kier alpha value is -0.200. The van der Waals surface area contributed by atoms with Gasteiger partial charge in [-0.25, -0.2) is 0 Å². The van der Waals surface area contributed by atoms with Gasteiger partial charge in [0.15, 0.2) is 0 Å². The highest BCUT2D eigenvalue weighted by Crippen LogP contribution is 2.25. The molecule has 0 radical (unpaired) electrons. The van der Waals surface area contributed by atoms with Gasteiger partial charge < -0.3 is 25.5 Å². The highest BCUT2D eigenvalue weighted by atomic mass is 16.4. The molecule has 0 aromatic heterocycles. The molecule has 5 atom stereocenters. The van der Waals surface area contributed by atoms with E-state index in [0.717, 1.165) is 0 Å². The molecule has 0 unspecified atom stereocenters. The normalized spacial score (nSPS) is 49.2. The molecule has 5 nitrogen and oxygen atoms in total. The van der Waals surface area contributed by atoms with Crippen LogP contribution >= 0.6 is 0 Å². The average molecular weight is 178 g/mol. The second kappa shape index (κ2) is 3.68. The molecule has 1 fully saturated rings. The zero-order valence-electron chi connectivity index (χ0n) is 6.54. The van der Waals surface area contributed by atoms with Gasteiger partial charge in [-0.1, -0.05) is 0 Å². The van der Waals surface area contributed by atoms with E-state index < -0.39 is 36.9 Å². The van der Waals surface area contributed by atoms with Crippen LogP contribution in [0.3, 0.4) is 0 Å². The minimum Gasteiger partial charge on any atom is -0.396 e. The van der Waals surface area contributed by atoms with Crippen molar-refractivity contribution in [2.75, 3.05) is 6.61 Å². The van der Waals surface area contributed by atoms with Crippen LogP contribution in [0.1, 0.15) is 6.42 Å². The van der Waals surface area contributed by atoms with Crippen molar-refractivity contribution in [3.8, 4) is 0 Å². The summed E-state index contributed by atoms with van der Waals surface area (Å²) in [5.74, 6) is -0.761. The van der Waals surface area contributed by atoms with Gasteiger partial charge >= 0.3 is 0 Å². The van der Waals surface area contributed by atoms with Crippen molar-refractivity contribution in [1.82, 2.24) is 0 Å². The van der Waals surface area contributed by atoms with Gasteiger partial charge in [0.05, 0.1) is 24.9 Å². The molecule has 0 saturated heterocycles. The van der Waals surface area contributed by atoms with E-state index in [1.165, 1.54) is 0 Å². The predicted octanol–water partition coefficient (Wildman–Crippen LogP) is -2.56. The van der Waals surface area contributed by atoms with Gasteiger partial charge in [-0.15, -0.1) is 0 Å². The number of rotatable bonds is 1. The molecule has 0 spiro atoms. The molecule has 0 aliphatic heterocycles. The summed E-state index contributed by atoms with van der Waals surface area (Å²) in [6.45, 7) is -0.397. The molecule has 1 aliphatic carbocycles. The van der Waals surface area contributed by atoms with E-state index in [1.807, 2.05) is 0 Å². The summed E-state index contributed by atoms with van der Waals surface area (Å²) in [6, 6.07) is 0. The first-order valence-electron chi connectivity index (χ1n) is 3.91. The van der Waals surface area contributed by atoms with Crippen LogP contribution in [0.25, 0.3) is 0 Å². The van der Waals surface area contributed by atoms with Crippen molar-refractivity contribution in [3.05, 3.63) is 0 Å². The largest absolute Gasteiger partial charge is 0.396 e. The van der Waals surface area contributed by atoms with E-state index in [1.54, 1.807) is 0 Å². The lowest BCUT2D eigenvalue weighted by atomic mass is 9.81. The van der Waals surface area contributed by atoms with Gasteiger partial charge in [-0.05, 0) is 0 Å². The van der Waals surface area contributed by atoms with E-state index in [4.69, 9.17) is 15.3 Å². The van der Waals surface area contributed by atoms with Gasteiger partial charge in [-0.3, -0.25) is 0 Å². The molecule has 0 bridgehead atoms. The highest BCUT2D eigenvalue weighted by Gasteiger charge is 2.41. The first-order chi connectivity index (χ1) is 5.57. The maximum atomic E-state index is 9.25. The topological polar surface area (TPSA) is 101 Å². The van der Waals surface area contributed by atoms with Crippen molar-refractivity contribution >= 4 is 0 Å². The SMILES string of the molecule is OC[C@H]1[C@H](O)[C@H](O)[C@@H](O)C[C@@H]1O. The Morgan fingerprint density at radius 3 is 2.00 bits per heavy atom. The van der Waals surface area contributed by atoms with Crippen LogP contribution in [-0.2, 0) is 0 Å². The minimum atomic E-state index is -1.27. The van der Waals surface area contributed by atoms with Gasteiger partial charge in [0.1, 0.15) is 6.10 Å². The number of hydrogen-bond donors (Lipinski definition) is 5. The van der Waals surface area contributed by atoms with Crippen molar-refractivity contribution < 1.29 is 25.5 Å². The first kappa shape index (κ1) is 9.88. The number of aliphatic hydroxyl groups is 5. The van der Waals surface area contributed by atoms with E-state index in [2.05, 4.69) is 0 Å². The monoisotopic (exact) mass is 178 g/mol. The maximum absolute atomic E-state index is 9.25. The van der Waals surface area contributed by atoms with Crippen LogP contribution < -0.4 is 0 Å². The number of hydrogen-bond acceptors (Lipinski definition) is 5. The van der Waals surface area contributed by atoms with Crippen LogP contribution in [0.4, 0.5) is 0 Å². The summed E-state index contributed by atoms with van der Waals surface area (Å²) in [5.41, 5.74) is 0. The Morgan fingerprint density at radius 2 is 1.50 bits per heavy atom. The van der Waals surface area contributed by atoms with E-state index in [0.29, 0.717) is 0 Å². The van der Waals surface area contributed by atoms with Gasteiger partial charge in [0.2, 0.25) is 0 Å². The smallest absolute Gasteiger partial charge is 0.106 e. The summed E-state index contributed by atoms with van der Waals surface area (Å²) in [4.78, 5) is 0. The molecular weight excluding hydrogens is 164 g/mol. The van der Waals surface area contributed by atoms with Crippen LogP contribution in [0.2, 0.25) is 0 Å². The van der Waals surface area contributed by atoms with Gasteiger partial charge in [0, 0.05) is 12.3 Å². The fourth-order valence-corrected chi connectivity index (χ4v) is 1.50. The molecule has 5 heteroatoms. The van der Waals surface area contributed by atoms with Crippen LogP contribution in [0.5, 0.6) is 0 Å². The number of aliphatic hydroxyl groups excluding tert-OH is 5.